The number of carbonyl (C=O) groups is 1. The molecule has 0 spiro atoms. The highest BCUT2D eigenvalue weighted by Crippen LogP contribution is 2.09. The van der Waals surface area contributed by atoms with Crippen LogP contribution in [0.2, 0.25) is 0 Å². The van der Waals surface area contributed by atoms with E-state index in [4.69, 9.17) is 5.73 Å². The predicted molar refractivity (Wildman–Crippen MR) is 84.4 cm³/mol. The lowest BCUT2D eigenvalue weighted by molar-refractivity contribution is -0.124. The second kappa shape index (κ2) is 9.54. The molecule has 20 heavy (non-hydrogen) atoms. The van der Waals surface area contributed by atoms with Crippen molar-refractivity contribution in [3.05, 3.63) is 35.9 Å². The SMILES string of the molecule is CC(C)CCCCNC(=O)C(CN)Cc1ccccc1. The van der Waals surface area contributed by atoms with Crippen LogP contribution >= 0.6 is 0 Å². The minimum atomic E-state index is -0.123. The van der Waals surface area contributed by atoms with Gasteiger partial charge in [-0.2, -0.15) is 0 Å². The molecule has 0 fully saturated rings. The summed E-state index contributed by atoms with van der Waals surface area (Å²) in [6.45, 7) is 5.61. The zero-order valence-corrected chi connectivity index (χ0v) is 12.8. The minimum Gasteiger partial charge on any atom is -0.356 e. The molecule has 1 aromatic rings. The largest absolute Gasteiger partial charge is 0.356 e. The topological polar surface area (TPSA) is 55.1 Å². The smallest absolute Gasteiger partial charge is 0.224 e. The Bertz CT molecular complexity index is 376. The van der Waals surface area contributed by atoms with Crippen LogP contribution in [-0.4, -0.2) is 19.0 Å². The summed E-state index contributed by atoms with van der Waals surface area (Å²) in [7, 11) is 0. The second-order valence-corrected chi connectivity index (χ2v) is 5.80. The van der Waals surface area contributed by atoms with Crippen LogP contribution in [0.25, 0.3) is 0 Å². The molecule has 112 valence electrons. The van der Waals surface area contributed by atoms with Crippen LogP contribution < -0.4 is 11.1 Å². The average molecular weight is 276 g/mol. The maximum absolute atomic E-state index is 12.1. The molecule has 0 heterocycles. The first kappa shape index (κ1) is 16.7. The van der Waals surface area contributed by atoms with Gasteiger partial charge in [-0.25, -0.2) is 0 Å². The van der Waals surface area contributed by atoms with Crippen molar-refractivity contribution < 1.29 is 4.79 Å². The molecular weight excluding hydrogens is 248 g/mol. The Hall–Kier alpha value is -1.35. The van der Waals surface area contributed by atoms with E-state index in [1.807, 2.05) is 30.3 Å². The van der Waals surface area contributed by atoms with Crippen LogP contribution in [0.1, 0.15) is 38.7 Å². The summed E-state index contributed by atoms with van der Waals surface area (Å²) >= 11 is 0. The Kier molecular flexibility index (Phi) is 7.97. The van der Waals surface area contributed by atoms with Crippen LogP contribution in [0.4, 0.5) is 0 Å². The maximum atomic E-state index is 12.1. The minimum absolute atomic E-state index is 0.0842. The second-order valence-electron chi connectivity index (χ2n) is 5.80. The first-order valence-electron chi connectivity index (χ1n) is 7.65. The van der Waals surface area contributed by atoms with Gasteiger partial charge in [-0.3, -0.25) is 4.79 Å². The molecule has 0 aliphatic rings. The molecule has 0 aromatic heterocycles. The number of nitrogens with two attached hydrogens (primary N) is 1. The molecule has 3 N–H and O–H groups in total. The Morgan fingerprint density at radius 2 is 1.90 bits per heavy atom. The molecule has 0 aliphatic carbocycles. The highest BCUT2D eigenvalue weighted by molar-refractivity contribution is 5.79. The van der Waals surface area contributed by atoms with Crippen LogP contribution in [0.3, 0.4) is 0 Å². The summed E-state index contributed by atoms with van der Waals surface area (Å²) in [5.41, 5.74) is 6.90. The molecule has 0 aliphatic heterocycles. The summed E-state index contributed by atoms with van der Waals surface area (Å²) < 4.78 is 0. The summed E-state index contributed by atoms with van der Waals surface area (Å²) in [5.74, 6) is 0.698. The molecular formula is C17H28N2O. The maximum Gasteiger partial charge on any atom is 0.224 e. The zero-order chi connectivity index (χ0) is 14.8. The number of nitrogens with one attached hydrogen (secondary N) is 1. The molecule has 1 rings (SSSR count). The molecule has 1 amide bonds. The third-order valence-corrected chi connectivity index (χ3v) is 3.49. The molecule has 0 saturated carbocycles. The van der Waals surface area contributed by atoms with Gasteiger partial charge in [-0.15, -0.1) is 0 Å². The summed E-state index contributed by atoms with van der Waals surface area (Å²) in [5, 5.41) is 3.01. The van der Waals surface area contributed by atoms with Gasteiger partial charge in [0.15, 0.2) is 0 Å². The number of carbonyl (C=O) groups excluding carboxylic acids is 1. The van der Waals surface area contributed by atoms with E-state index in [-0.39, 0.29) is 11.8 Å². The molecule has 0 saturated heterocycles. The van der Waals surface area contributed by atoms with E-state index in [0.717, 1.165) is 30.9 Å². The van der Waals surface area contributed by atoms with E-state index in [1.54, 1.807) is 0 Å². The van der Waals surface area contributed by atoms with Gasteiger partial charge in [0.2, 0.25) is 5.91 Å². The van der Waals surface area contributed by atoms with E-state index in [1.165, 1.54) is 12.8 Å². The molecule has 1 aromatic carbocycles. The van der Waals surface area contributed by atoms with E-state index in [2.05, 4.69) is 19.2 Å². The third-order valence-electron chi connectivity index (χ3n) is 3.49. The summed E-state index contributed by atoms with van der Waals surface area (Å²) in [6.07, 6.45) is 4.16. The lowest BCUT2D eigenvalue weighted by Gasteiger charge is -2.15. The van der Waals surface area contributed by atoms with Crippen molar-refractivity contribution in [2.24, 2.45) is 17.6 Å². The first-order valence-corrected chi connectivity index (χ1v) is 7.65. The monoisotopic (exact) mass is 276 g/mol. The van der Waals surface area contributed by atoms with Crippen molar-refractivity contribution in [2.45, 2.75) is 39.5 Å². The standard InChI is InChI=1S/C17H28N2O/c1-14(2)8-6-7-11-19-17(20)16(13-18)12-15-9-4-3-5-10-15/h3-5,9-10,14,16H,6-8,11-13,18H2,1-2H3,(H,19,20). The molecule has 1 atom stereocenters. The predicted octanol–water partition coefficient (Wildman–Crippen LogP) is 2.75. The Morgan fingerprint density at radius 1 is 1.20 bits per heavy atom. The Balaban J connectivity index is 2.29. The van der Waals surface area contributed by atoms with Gasteiger partial charge >= 0.3 is 0 Å². The fraction of sp³-hybridized carbons (Fsp3) is 0.588. The lowest BCUT2D eigenvalue weighted by atomic mass is 9.98. The third kappa shape index (κ3) is 6.71. The fourth-order valence-electron chi connectivity index (χ4n) is 2.22. The molecule has 0 bridgehead atoms. The normalized spacial score (nSPS) is 12.4. The Morgan fingerprint density at radius 3 is 2.50 bits per heavy atom. The zero-order valence-electron chi connectivity index (χ0n) is 12.8. The van der Waals surface area contributed by atoms with Crippen molar-refractivity contribution in [3.63, 3.8) is 0 Å². The van der Waals surface area contributed by atoms with Crippen molar-refractivity contribution in [1.82, 2.24) is 5.32 Å². The van der Waals surface area contributed by atoms with Crippen molar-refractivity contribution in [1.29, 1.82) is 0 Å². The van der Waals surface area contributed by atoms with E-state index >= 15 is 0 Å². The molecule has 0 radical (unpaired) electrons. The number of benzene rings is 1. The highest BCUT2D eigenvalue weighted by atomic mass is 16.1. The first-order chi connectivity index (χ1) is 9.63. The fourth-order valence-corrected chi connectivity index (χ4v) is 2.22. The van der Waals surface area contributed by atoms with Crippen molar-refractivity contribution in [2.75, 3.05) is 13.1 Å². The number of unbranched alkanes of at least 4 members (excludes halogenated alkanes) is 1. The summed E-state index contributed by atoms with van der Waals surface area (Å²) in [6, 6.07) is 10.0. The van der Waals surface area contributed by atoms with Gasteiger partial charge in [0.1, 0.15) is 0 Å². The van der Waals surface area contributed by atoms with E-state index in [9.17, 15) is 4.79 Å². The van der Waals surface area contributed by atoms with Crippen molar-refractivity contribution >= 4 is 5.91 Å². The van der Waals surface area contributed by atoms with Gasteiger partial charge in [0.25, 0.3) is 0 Å². The highest BCUT2D eigenvalue weighted by Gasteiger charge is 2.16. The number of hydrogen-bond acceptors (Lipinski definition) is 2. The molecule has 3 nitrogen and oxygen atoms in total. The lowest BCUT2D eigenvalue weighted by Crippen LogP contribution is -2.36. The average Bonchev–Trinajstić information content (AvgIpc) is 2.45. The van der Waals surface area contributed by atoms with E-state index < -0.39 is 0 Å². The van der Waals surface area contributed by atoms with Crippen LogP contribution in [0.15, 0.2) is 30.3 Å². The number of hydrogen-bond donors (Lipinski definition) is 2. The number of amides is 1. The number of rotatable bonds is 9. The van der Waals surface area contributed by atoms with Crippen LogP contribution in [0, 0.1) is 11.8 Å². The van der Waals surface area contributed by atoms with Crippen LogP contribution in [0.5, 0.6) is 0 Å². The van der Waals surface area contributed by atoms with E-state index in [0.29, 0.717) is 6.54 Å². The summed E-state index contributed by atoms with van der Waals surface area (Å²) in [4.78, 5) is 12.1. The van der Waals surface area contributed by atoms with Gasteiger partial charge in [0.05, 0.1) is 5.92 Å². The van der Waals surface area contributed by atoms with Gasteiger partial charge < -0.3 is 11.1 Å². The van der Waals surface area contributed by atoms with Gasteiger partial charge in [0, 0.05) is 13.1 Å². The van der Waals surface area contributed by atoms with Crippen molar-refractivity contribution in [3.8, 4) is 0 Å². The quantitative estimate of drug-likeness (QED) is 0.681. The van der Waals surface area contributed by atoms with Gasteiger partial charge in [-0.1, -0.05) is 57.0 Å². The Labute approximate surface area is 122 Å². The molecule has 1 unspecified atom stereocenters. The van der Waals surface area contributed by atoms with Crippen LogP contribution in [-0.2, 0) is 11.2 Å². The molecule has 3 heteroatoms. The van der Waals surface area contributed by atoms with Gasteiger partial charge in [-0.05, 0) is 24.3 Å².